The zero-order chi connectivity index (χ0) is 22.9. The van der Waals surface area contributed by atoms with Crippen molar-refractivity contribution in [2.24, 2.45) is 0 Å². The number of nitrogens with zero attached hydrogens (tertiary/aromatic N) is 2. The second-order valence-corrected chi connectivity index (χ2v) is 8.49. The summed E-state index contributed by atoms with van der Waals surface area (Å²) in [6.45, 7) is 6.26. The lowest BCUT2D eigenvalue weighted by Gasteiger charge is -2.43. The first-order chi connectivity index (χ1) is 15.6. The first kappa shape index (κ1) is 24.4. The minimum atomic E-state index is -0.647. The summed E-state index contributed by atoms with van der Waals surface area (Å²) in [5.41, 5.74) is 0.762. The van der Waals surface area contributed by atoms with Gasteiger partial charge in [-0.25, -0.2) is 0 Å². The number of methoxy groups -OCH3 is 1. The number of hydrogen-bond donors (Lipinski definition) is 0. The predicted octanol–water partition coefficient (Wildman–Crippen LogP) is 3.96. The van der Waals surface area contributed by atoms with Gasteiger partial charge < -0.3 is 24.0 Å². The van der Waals surface area contributed by atoms with Crippen molar-refractivity contribution in [3.63, 3.8) is 0 Å². The number of piperazine rings is 1. The summed E-state index contributed by atoms with van der Waals surface area (Å²) < 4.78 is 16.6. The smallest absolute Gasteiger partial charge is 0.250 e. The van der Waals surface area contributed by atoms with Gasteiger partial charge >= 0.3 is 0 Å². The molecule has 1 heterocycles. The molecule has 32 heavy (non-hydrogen) atoms. The van der Waals surface area contributed by atoms with Crippen LogP contribution in [0.25, 0.3) is 0 Å². The highest BCUT2D eigenvalue weighted by molar-refractivity contribution is 5.96. The molecule has 2 aliphatic rings. The van der Waals surface area contributed by atoms with E-state index in [0.29, 0.717) is 44.3 Å². The molecule has 7 heteroatoms. The van der Waals surface area contributed by atoms with Gasteiger partial charge in [0.25, 0.3) is 5.91 Å². The minimum Gasteiger partial charge on any atom is -0.493 e. The van der Waals surface area contributed by atoms with Crippen molar-refractivity contribution in [2.75, 3.05) is 40.0 Å². The number of rotatable bonds is 10. The van der Waals surface area contributed by atoms with Crippen LogP contribution in [-0.2, 0) is 14.3 Å². The third-order valence-corrected chi connectivity index (χ3v) is 6.42. The van der Waals surface area contributed by atoms with Crippen LogP contribution in [0.5, 0.6) is 11.5 Å². The summed E-state index contributed by atoms with van der Waals surface area (Å²) in [6.07, 6.45) is 7.28. The Labute approximate surface area is 192 Å². The number of carbonyl (C=O) groups excluding carboxylic acids is 2. The van der Waals surface area contributed by atoms with Gasteiger partial charge in [-0.1, -0.05) is 31.7 Å². The third kappa shape index (κ3) is 5.74. The lowest BCUT2D eigenvalue weighted by Crippen LogP contribution is -2.58. The van der Waals surface area contributed by atoms with Gasteiger partial charge in [-0.05, 0) is 50.8 Å². The molecule has 178 valence electrons. The maximum atomic E-state index is 13.8. The van der Waals surface area contributed by atoms with E-state index in [1.807, 2.05) is 36.9 Å². The third-order valence-electron chi connectivity index (χ3n) is 6.42. The number of hydrogen-bond acceptors (Lipinski definition) is 5. The van der Waals surface area contributed by atoms with Gasteiger partial charge in [-0.15, -0.1) is 0 Å². The van der Waals surface area contributed by atoms with E-state index in [9.17, 15) is 9.59 Å². The molecule has 2 amide bonds. The van der Waals surface area contributed by atoms with E-state index in [0.717, 1.165) is 31.2 Å². The summed E-state index contributed by atoms with van der Waals surface area (Å²) in [6, 6.07) is 5.05. The molecule has 1 aromatic rings. The highest BCUT2D eigenvalue weighted by Crippen LogP contribution is 2.36. The van der Waals surface area contributed by atoms with E-state index < -0.39 is 6.04 Å². The molecule has 0 aromatic heterocycles. The first-order valence-electron chi connectivity index (χ1n) is 12.1. The maximum Gasteiger partial charge on any atom is 0.250 e. The van der Waals surface area contributed by atoms with Crippen molar-refractivity contribution in [2.45, 2.75) is 70.9 Å². The van der Waals surface area contributed by atoms with Crippen LogP contribution in [0, 0.1) is 0 Å². The van der Waals surface area contributed by atoms with Gasteiger partial charge in [0.15, 0.2) is 11.5 Å². The quantitative estimate of drug-likeness (QED) is 0.402. The molecule has 1 aliphatic carbocycles. The van der Waals surface area contributed by atoms with Gasteiger partial charge in [-0.2, -0.15) is 0 Å². The average Bonchev–Trinajstić information content (AvgIpc) is 3.08. The van der Waals surface area contributed by atoms with E-state index in [2.05, 4.69) is 0 Å². The molecule has 7 nitrogen and oxygen atoms in total. The molecule has 1 saturated heterocycles. The summed E-state index contributed by atoms with van der Waals surface area (Å²) in [7, 11) is 1.59. The van der Waals surface area contributed by atoms with Gasteiger partial charge in [-0.3, -0.25) is 9.59 Å². The van der Waals surface area contributed by atoms with Gasteiger partial charge in [0.1, 0.15) is 12.6 Å². The molecular weight excluding hydrogens is 408 g/mol. The van der Waals surface area contributed by atoms with Gasteiger partial charge in [0.2, 0.25) is 5.91 Å². The fourth-order valence-electron chi connectivity index (χ4n) is 4.81. The van der Waals surface area contributed by atoms with Crippen LogP contribution in [0.1, 0.15) is 70.4 Å². The van der Waals surface area contributed by atoms with Crippen molar-refractivity contribution >= 4 is 11.8 Å². The molecule has 0 spiro atoms. The topological polar surface area (TPSA) is 68.3 Å². The summed E-state index contributed by atoms with van der Waals surface area (Å²) in [4.78, 5) is 30.7. The van der Waals surface area contributed by atoms with E-state index in [4.69, 9.17) is 14.2 Å². The average molecular weight is 447 g/mol. The molecule has 0 radical (unpaired) electrons. The monoisotopic (exact) mass is 446 g/mol. The number of carbonyl (C=O) groups is 2. The van der Waals surface area contributed by atoms with Crippen LogP contribution in [0.4, 0.5) is 0 Å². The lowest BCUT2D eigenvalue weighted by atomic mass is 9.97. The summed E-state index contributed by atoms with van der Waals surface area (Å²) in [5.74, 6) is 1.23. The molecule has 1 atom stereocenters. The van der Waals surface area contributed by atoms with E-state index in [1.165, 1.54) is 12.8 Å². The molecule has 1 saturated carbocycles. The summed E-state index contributed by atoms with van der Waals surface area (Å²) >= 11 is 0. The number of amides is 2. The van der Waals surface area contributed by atoms with Crippen molar-refractivity contribution in [1.82, 2.24) is 9.80 Å². The van der Waals surface area contributed by atoms with Crippen LogP contribution in [0.2, 0.25) is 0 Å². The second kappa shape index (κ2) is 12.1. The largest absolute Gasteiger partial charge is 0.493 e. The fraction of sp³-hybridized carbons (Fsp3) is 0.680. The van der Waals surface area contributed by atoms with Crippen LogP contribution >= 0.6 is 0 Å². The number of ether oxygens (including phenoxy) is 3. The molecule has 2 fully saturated rings. The Kier molecular flexibility index (Phi) is 9.21. The minimum absolute atomic E-state index is 0.00296. The molecule has 1 aliphatic heterocycles. The number of benzene rings is 1. The highest BCUT2D eigenvalue weighted by Gasteiger charge is 2.42. The zero-order valence-electron chi connectivity index (χ0n) is 19.8. The first-order valence-corrected chi connectivity index (χ1v) is 12.1. The molecular formula is C25H38N2O5. The van der Waals surface area contributed by atoms with Gasteiger partial charge in [0, 0.05) is 25.8 Å². The normalized spacial score (nSPS) is 20.4. The Hall–Kier alpha value is -2.28. The molecule has 0 bridgehead atoms. The maximum absolute atomic E-state index is 13.8. The van der Waals surface area contributed by atoms with Crippen molar-refractivity contribution in [3.8, 4) is 11.5 Å². The van der Waals surface area contributed by atoms with Crippen LogP contribution in [0.3, 0.4) is 0 Å². The molecule has 3 rings (SSSR count). The van der Waals surface area contributed by atoms with Crippen LogP contribution < -0.4 is 9.47 Å². The Morgan fingerprint density at radius 3 is 2.41 bits per heavy atom. The predicted molar refractivity (Wildman–Crippen MR) is 123 cm³/mol. The highest BCUT2D eigenvalue weighted by atomic mass is 16.5. The Morgan fingerprint density at radius 1 is 1.00 bits per heavy atom. The Morgan fingerprint density at radius 2 is 1.75 bits per heavy atom. The van der Waals surface area contributed by atoms with E-state index in [-0.39, 0.29) is 24.4 Å². The molecule has 0 N–H and O–H groups in total. The van der Waals surface area contributed by atoms with Crippen molar-refractivity contribution in [1.29, 1.82) is 0 Å². The second-order valence-electron chi connectivity index (χ2n) is 8.49. The Bertz CT molecular complexity index is 761. The van der Waals surface area contributed by atoms with E-state index >= 15 is 0 Å². The molecule has 1 aromatic carbocycles. The summed E-state index contributed by atoms with van der Waals surface area (Å²) in [5, 5.41) is 0. The fourth-order valence-corrected chi connectivity index (χ4v) is 4.81. The van der Waals surface area contributed by atoms with Crippen molar-refractivity contribution < 1.29 is 23.8 Å². The standard InChI is InChI=1S/C25H38N2O5/c1-4-31-16-10-15-26-23(28)18-27(20-11-8-6-7-9-12-20)25(29)24(26)19-13-14-21(32-5-2)22(17-19)30-3/h13-14,17,20,24H,4-12,15-16,18H2,1-3H3/t24-/m1/s1. The molecule has 0 unspecified atom stereocenters. The van der Waals surface area contributed by atoms with Crippen molar-refractivity contribution in [3.05, 3.63) is 23.8 Å². The van der Waals surface area contributed by atoms with Crippen LogP contribution in [-0.4, -0.2) is 67.7 Å². The lowest BCUT2D eigenvalue weighted by molar-refractivity contribution is -0.159. The zero-order valence-corrected chi connectivity index (χ0v) is 19.8. The Balaban J connectivity index is 1.91. The van der Waals surface area contributed by atoms with E-state index in [1.54, 1.807) is 12.0 Å². The SMILES string of the molecule is CCOCCCN1C(=O)CN(C2CCCCCC2)C(=O)[C@H]1c1ccc(OCC)c(OC)c1. The van der Waals surface area contributed by atoms with Gasteiger partial charge in [0.05, 0.1) is 13.7 Å². The van der Waals surface area contributed by atoms with Crippen LogP contribution in [0.15, 0.2) is 18.2 Å².